The summed E-state index contributed by atoms with van der Waals surface area (Å²) >= 11 is 1.64. The van der Waals surface area contributed by atoms with E-state index in [1.54, 1.807) is 40.5 Å². The van der Waals surface area contributed by atoms with Gasteiger partial charge < -0.3 is 18.9 Å². The molecular formula is C23H24N2O5S. The Kier molecular flexibility index (Phi) is 6.36. The van der Waals surface area contributed by atoms with Gasteiger partial charge in [0.05, 0.1) is 17.3 Å². The fourth-order valence-corrected chi connectivity index (χ4v) is 4.62. The molecule has 1 fully saturated rings. The fraction of sp³-hybridized carbons (Fsp3) is 0.348. The van der Waals surface area contributed by atoms with Crippen LogP contribution in [0, 0.1) is 13.8 Å². The zero-order chi connectivity index (χ0) is 21.8. The molecule has 4 rings (SSSR count). The number of hydrogen-bond donors (Lipinski definition) is 0. The minimum absolute atomic E-state index is 0.0665. The summed E-state index contributed by atoms with van der Waals surface area (Å²) in [7, 11) is 0. The van der Waals surface area contributed by atoms with Crippen LogP contribution in [0.2, 0.25) is 0 Å². The van der Waals surface area contributed by atoms with Gasteiger partial charge in [0.2, 0.25) is 0 Å². The minimum Gasteiger partial charge on any atom is -0.488 e. The SMILES string of the molecule is Cc1noc(C)c1COc1ccccc1C(=O)OCC(=O)N1CCCC1c1cccs1. The summed E-state index contributed by atoms with van der Waals surface area (Å²) in [5, 5.41) is 5.92. The van der Waals surface area contributed by atoms with Crippen molar-refractivity contribution in [2.24, 2.45) is 0 Å². The van der Waals surface area contributed by atoms with Gasteiger partial charge in [0.25, 0.3) is 5.91 Å². The molecule has 1 saturated heterocycles. The zero-order valence-corrected chi connectivity index (χ0v) is 18.3. The number of hydrogen-bond acceptors (Lipinski definition) is 7. The standard InChI is InChI=1S/C23H24N2O5S/c1-15-18(16(2)30-24-15)13-28-20-9-4-3-7-17(20)23(27)29-14-22(26)25-11-5-8-19(25)21-10-6-12-31-21/h3-4,6-7,9-10,12,19H,5,8,11,13-14H2,1-2H3. The molecular weight excluding hydrogens is 416 g/mol. The number of carbonyl (C=O) groups is 2. The van der Waals surface area contributed by atoms with Gasteiger partial charge in [-0.05, 0) is 50.3 Å². The Morgan fingerprint density at radius 2 is 2.06 bits per heavy atom. The molecule has 0 radical (unpaired) electrons. The van der Waals surface area contributed by atoms with Crippen LogP contribution in [0.3, 0.4) is 0 Å². The smallest absolute Gasteiger partial charge is 0.342 e. The molecule has 1 aliphatic heterocycles. The van der Waals surface area contributed by atoms with Crippen molar-refractivity contribution in [2.75, 3.05) is 13.2 Å². The molecule has 7 nitrogen and oxygen atoms in total. The molecule has 0 aliphatic carbocycles. The Morgan fingerprint density at radius 1 is 1.23 bits per heavy atom. The van der Waals surface area contributed by atoms with Crippen LogP contribution < -0.4 is 4.74 Å². The summed E-state index contributed by atoms with van der Waals surface area (Å²) in [4.78, 5) is 28.4. The molecule has 0 spiro atoms. The molecule has 1 unspecified atom stereocenters. The van der Waals surface area contributed by atoms with Gasteiger partial charge in [0, 0.05) is 11.4 Å². The highest BCUT2D eigenvalue weighted by Crippen LogP contribution is 2.34. The number of amides is 1. The fourth-order valence-electron chi connectivity index (χ4n) is 3.75. The van der Waals surface area contributed by atoms with Crippen molar-refractivity contribution in [1.82, 2.24) is 10.1 Å². The summed E-state index contributed by atoms with van der Waals surface area (Å²) < 4.78 is 16.3. The summed E-state index contributed by atoms with van der Waals surface area (Å²) in [6.07, 6.45) is 1.87. The molecule has 1 atom stereocenters. The molecule has 0 saturated carbocycles. The van der Waals surface area contributed by atoms with Gasteiger partial charge in [-0.2, -0.15) is 0 Å². The predicted octanol–water partition coefficient (Wildman–Crippen LogP) is 4.45. The molecule has 2 aromatic heterocycles. The number of para-hydroxylation sites is 1. The summed E-state index contributed by atoms with van der Waals surface area (Å²) in [6, 6.07) is 10.9. The Morgan fingerprint density at radius 3 is 2.81 bits per heavy atom. The quantitative estimate of drug-likeness (QED) is 0.505. The highest BCUT2D eigenvalue weighted by molar-refractivity contribution is 7.10. The predicted molar refractivity (Wildman–Crippen MR) is 115 cm³/mol. The van der Waals surface area contributed by atoms with E-state index < -0.39 is 5.97 Å². The number of aromatic nitrogens is 1. The van der Waals surface area contributed by atoms with Crippen LogP contribution in [0.25, 0.3) is 0 Å². The number of carbonyl (C=O) groups excluding carboxylic acids is 2. The van der Waals surface area contributed by atoms with Gasteiger partial charge >= 0.3 is 5.97 Å². The van der Waals surface area contributed by atoms with E-state index in [9.17, 15) is 9.59 Å². The van der Waals surface area contributed by atoms with Crippen LogP contribution in [0.1, 0.15) is 51.1 Å². The van der Waals surface area contributed by atoms with Crippen molar-refractivity contribution in [2.45, 2.75) is 39.3 Å². The number of esters is 1. The van der Waals surface area contributed by atoms with Crippen LogP contribution >= 0.6 is 11.3 Å². The molecule has 8 heteroatoms. The number of rotatable bonds is 7. The van der Waals surface area contributed by atoms with Gasteiger partial charge in [0.15, 0.2) is 6.61 Å². The molecule has 1 aliphatic rings. The number of benzene rings is 1. The van der Waals surface area contributed by atoms with E-state index in [0.717, 1.165) is 29.0 Å². The second kappa shape index (κ2) is 9.34. The maximum Gasteiger partial charge on any atom is 0.342 e. The average molecular weight is 441 g/mol. The van der Waals surface area contributed by atoms with Crippen LogP contribution in [0.15, 0.2) is 46.3 Å². The number of thiophene rings is 1. The van der Waals surface area contributed by atoms with Crippen LogP contribution in [0.4, 0.5) is 0 Å². The van der Waals surface area contributed by atoms with Gasteiger partial charge in [-0.15, -0.1) is 11.3 Å². The summed E-state index contributed by atoms with van der Waals surface area (Å²) in [6.45, 7) is 4.25. The normalized spacial score (nSPS) is 15.8. The van der Waals surface area contributed by atoms with Crippen molar-refractivity contribution in [3.8, 4) is 5.75 Å². The number of likely N-dealkylation sites (tertiary alicyclic amines) is 1. The Hall–Kier alpha value is -3.13. The van der Waals surface area contributed by atoms with Crippen molar-refractivity contribution in [3.05, 3.63) is 69.2 Å². The Labute approximate surface area is 184 Å². The maximum absolute atomic E-state index is 12.7. The van der Waals surface area contributed by atoms with Gasteiger partial charge in [-0.3, -0.25) is 4.79 Å². The third kappa shape index (κ3) is 4.64. The second-order valence-corrected chi connectivity index (χ2v) is 8.40. The van der Waals surface area contributed by atoms with Gasteiger partial charge in [0.1, 0.15) is 23.7 Å². The first-order valence-electron chi connectivity index (χ1n) is 10.2. The first kappa shape index (κ1) is 21.1. The molecule has 3 heterocycles. The first-order chi connectivity index (χ1) is 15.0. The van der Waals surface area contributed by atoms with Gasteiger partial charge in [-0.1, -0.05) is 23.4 Å². The van der Waals surface area contributed by atoms with E-state index in [2.05, 4.69) is 5.16 Å². The molecule has 3 aromatic rings. The van der Waals surface area contributed by atoms with E-state index in [1.807, 2.05) is 31.4 Å². The molecule has 0 bridgehead atoms. The maximum atomic E-state index is 12.7. The molecule has 162 valence electrons. The second-order valence-electron chi connectivity index (χ2n) is 7.42. The number of aryl methyl sites for hydroxylation is 2. The molecule has 1 aromatic carbocycles. The minimum atomic E-state index is -0.588. The van der Waals surface area contributed by atoms with Crippen LogP contribution in [0.5, 0.6) is 5.75 Å². The molecule has 31 heavy (non-hydrogen) atoms. The lowest BCUT2D eigenvalue weighted by Gasteiger charge is -2.23. The zero-order valence-electron chi connectivity index (χ0n) is 17.5. The van der Waals surface area contributed by atoms with Crippen LogP contribution in [-0.2, 0) is 16.1 Å². The third-order valence-electron chi connectivity index (χ3n) is 5.43. The van der Waals surface area contributed by atoms with E-state index in [1.165, 1.54) is 0 Å². The lowest BCUT2D eigenvalue weighted by Crippen LogP contribution is -2.34. The van der Waals surface area contributed by atoms with Crippen LogP contribution in [-0.4, -0.2) is 35.1 Å². The number of ether oxygens (including phenoxy) is 2. The average Bonchev–Trinajstić information content (AvgIpc) is 3.52. The van der Waals surface area contributed by atoms with Crippen molar-refractivity contribution >= 4 is 23.2 Å². The van der Waals surface area contributed by atoms with E-state index >= 15 is 0 Å². The van der Waals surface area contributed by atoms with E-state index in [0.29, 0.717) is 18.1 Å². The topological polar surface area (TPSA) is 81.9 Å². The third-order valence-corrected chi connectivity index (χ3v) is 6.41. The van der Waals surface area contributed by atoms with E-state index in [4.69, 9.17) is 14.0 Å². The highest BCUT2D eigenvalue weighted by atomic mass is 32.1. The molecule has 1 amide bonds. The van der Waals surface area contributed by atoms with Crippen molar-refractivity contribution < 1.29 is 23.6 Å². The number of nitrogens with zero attached hydrogens (tertiary/aromatic N) is 2. The molecule has 0 N–H and O–H groups in total. The van der Waals surface area contributed by atoms with E-state index in [-0.39, 0.29) is 30.7 Å². The Bertz CT molecular complexity index is 1040. The lowest BCUT2D eigenvalue weighted by molar-refractivity contribution is -0.135. The largest absolute Gasteiger partial charge is 0.488 e. The lowest BCUT2D eigenvalue weighted by atomic mass is 10.2. The monoisotopic (exact) mass is 440 g/mol. The Balaban J connectivity index is 1.38. The summed E-state index contributed by atoms with van der Waals surface area (Å²) in [5.41, 5.74) is 1.86. The highest BCUT2D eigenvalue weighted by Gasteiger charge is 2.31. The van der Waals surface area contributed by atoms with Crippen molar-refractivity contribution in [3.63, 3.8) is 0 Å². The van der Waals surface area contributed by atoms with Gasteiger partial charge in [-0.25, -0.2) is 4.79 Å². The first-order valence-corrected chi connectivity index (χ1v) is 11.1. The summed E-state index contributed by atoms with van der Waals surface area (Å²) in [5.74, 6) is 0.291. The van der Waals surface area contributed by atoms with Crippen molar-refractivity contribution in [1.29, 1.82) is 0 Å².